The molecule has 0 rings (SSSR count). The molecule has 0 unspecified atom stereocenters. The number of nitrogens with zero attached hydrogens (tertiary/aromatic N) is 2. The van der Waals surface area contributed by atoms with Crippen molar-refractivity contribution in [3.8, 4) is 11.8 Å². The van der Waals surface area contributed by atoms with Crippen LogP contribution < -0.4 is 48.0 Å². The standard InChI is InChI=1S/C14H30N2.2HI/c1-7-15(3,4)13-11-9-10-12-14-16(5,6)8-2;;/h7-8,11-14H2,1-6H3;2*1H/q+2;;/p-2. The molecule has 0 amide bonds. The minimum atomic E-state index is 0. The quantitative estimate of drug-likeness (QED) is 0.207. The van der Waals surface area contributed by atoms with Crippen LogP contribution in [-0.4, -0.2) is 63.3 Å². The van der Waals surface area contributed by atoms with Gasteiger partial charge in [0.05, 0.1) is 67.2 Å². The predicted molar refractivity (Wildman–Crippen MR) is 72.0 cm³/mol. The maximum absolute atomic E-state index is 3.30. The first-order valence-corrected chi connectivity index (χ1v) is 6.43. The fourth-order valence-electron chi connectivity index (χ4n) is 1.21. The van der Waals surface area contributed by atoms with Crippen LogP contribution >= 0.6 is 0 Å². The largest absolute Gasteiger partial charge is 1.00 e. The fourth-order valence-corrected chi connectivity index (χ4v) is 1.21. The lowest BCUT2D eigenvalue weighted by Gasteiger charge is -2.27. The van der Waals surface area contributed by atoms with E-state index >= 15 is 0 Å². The van der Waals surface area contributed by atoms with E-state index in [0.717, 1.165) is 34.9 Å². The maximum Gasteiger partial charge on any atom is 0.0893 e. The van der Waals surface area contributed by atoms with Gasteiger partial charge in [0.1, 0.15) is 0 Å². The molecule has 0 bridgehead atoms. The fraction of sp³-hybridized carbons (Fsp3) is 0.857. The smallest absolute Gasteiger partial charge is 0.0893 e. The molecule has 0 spiro atoms. The Balaban J connectivity index is -0.00000112. The minimum Gasteiger partial charge on any atom is -1.00 e. The summed E-state index contributed by atoms with van der Waals surface area (Å²) in [7, 11) is 9.05. The molecule has 110 valence electrons. The molecule has 0 aliphatic carbocycles. The summed E-state index contributed by atoms with van der Waals surface area (Å²) in [6, 6.07) is 0. The Hall–Kier alpha value is 0.940. The molecule has 0 aromatic carbocycles. The molecular formula is C14H30I2N2. The molecule has 4 heteroatoms. The van der Waals surface area contributed by atoms with Gasteiger partial charge in [0, 0.05) is 0 Å². The molecule has 2 nitrogen and oxygen atoms in total. The van der Waals surface area contributed by atoms with Crippen LogP contribution in [0.4, 0.5) is 0 Å². The lowest BCUT2D eigenvalue weighted by atomic mass is 10.3. The van der Waals surface area contributed by atoms with Gasteiger partial charge < -0.3 is 56.9 Å². The second-order valence-electron chi connectivity index (χ2n) is 5.80. The first-order chi connectivity index (χ1) is 7.33. The molecule has 0 aromatic heterocycles. The van der Waals surface area contributed by atoms with Gasteiger partial charge in [0.15, 0.2) is 0 Å². The van der Waals surface area contributed by atoms with Crippen molar-refractivity contribution in [2.24, 2.45) is 0 Å². The topological polar surface area (TPSA) is 0 Å². The monoisotopic (exact) mass is 480 g/mol. The van der Waals surface area contributed by atoms with Crippen molar-refractivity contribution in [3.63, 3.8) is 0 Å². The van der Waals surface area contributed by atoms with Crippen molar-refractivity contribution >= 4 is 0 Å². The molecule has 0 saturated heterocycles. The van der Waals surface area contributed by atoms with Gasteiger partial charge >= 0.3 is 0 Å². The Morgan fingerprint density at radius 2 is 0.944 bits per heavy atom. The van der Waals surface area contributed by atoms with E-state index in [-0.39, 0.29) is 48.0 Å². The normalized spacial score (nSPS) is 10.8. The van der Waals surface area contributed by atoms with E-state index in [0.29, 0.717) is 0 Å². The van der Waals surface area contributed by atoms with Crippen molar-refractivity contribution in [1.82, 2.24) is 0 Å². The Kier molecular flexibility index (Phi) is 15.6. The van der Waals surface area contributed by atoms with E-state index in [4.69, 9.17) is 0 Å². The first kappa shape index (κ1) is 24.0. The highest BCUT2D eigenvalue weighted by Crippen LogP contribution is 1.99. The van der Waals surface area contributed by atoms with Gasteiger partial charge in [0.2, 0.25) is 0 Å². The summed E-state index contributed by atoms with van der Waals surface area (Å²) in [5.41, 5.74) is 0. The van der Waals surface area contributed by atoms with Gasteiger partial charge in [-0.05, 0) is 13.8 Å². The zero-order valence-corrected chi connectivity index (χ0v) is 17.2. The SMILES string of the molecule is CC[N+](C)(C)CCC#CCC[N+](C)(C)CC.[I-].[I-]. The molecule has 0 radical (unpaired) electrons. The average molecular weight is 480 g/mol. The number of quaternary nitrogens is 2. The Morgan fingerprint density at radius 1 is 0.667 bits per heavy atom. The summed E-state index contributed by atoms with van der Waals surface area (Å²) in [5, 5.41) is 0. The average Bonchev–Trinajstić information content (AvgIpc) is 2.23. The summed E-state index contributed by atoms with van der Waals surface area (Å²) in [5.74, 6) is 6.59. The molecule has 0 aromatic rings. The van der Waals surface area contributed by atoms with E-state index in [1.807, 2.05) is 0 Å². The summed E-state index contributed by atoms with van der Waals surface area (Å²) in [6.07, 6.45) is 2.06. The van der Waals surface area contributed by atoms with E-state index in [1.165, 1.54) is 13.1 Å². The summed E-state index contributed by atoms with van der Waals surface area (Å²) >= 11 is 0. The second-order valence-corrected chi connectivity index (χ2v) is 5.80. The van der Waals surface area contributed by atoms with Crippen molar-refractivity contribution in [1.29, 1.82) is 0 Å². The Morgan fingerprint density at radius 3 is 1.17 bits per heavy atom. The molecular weight excluding hydrogens is 450 g/mol. The third-order valence-electron chi connectivity index (χ3n) is 3.52. The summed E-state index contributed by atoms with van der Waals surface area (Å²) in [6.45, 7) is 9.15. The van der Waals surface area contributed by atoms with Crippen LogP contribution in [0.2, 0.25) is 0 Å². The molecule has 0 saturated carbocycles. The van der Waals surface area contributed by atoms with Gasteiger partial charge in [-0.3, -0.25) is 0 Å². The molecule has 0 N–H and O–H groups in total. The van der Waals surface area contributed by atoms with Gasteiger partial charge in [-0.15, -0.1) is 0 Å². The van der Waals surface area contributed by atoms with Crippen LogP contribution in [0.5, 0.6) is 0 Å². The number of hydrogen-bond donors (Lipinski definition) is 0. The van der Waals surface area contributed by atoms with E-state index in [1.54, 1.807) is 0 Å². The highest BCUT2D eigenvalue weighted by atomic mass is 127. The third-order valence-corrected chi connectivity index (χ3v) is 3.52. The Labute approximate surface area is 149 Å². The molecule has 0 heterocycles. The number of halogens is 2. The highest BCUT2D eigenvalue weighted by Gasteiger charge is 2.10. The molecule has 0 fully saturated rings. The minimum absolute atomic E-state index is 0. The van der Waals surface area contributed by atoms with Crippen LogP contribution in [0.25, 0.3) is 0 Å². The van der Waals surface area contributed by atoms with Gasteiger partial charge in [-0.25, -0.2) is 0 Å². The van der Waals surface area contributed by atoms with E-state index in [9.17, 15) is 0 Å². The van der Waals surface area contributed by atoms with Gasteiger partial charge in [-0.1, -0.05) is 11.8 Å². The molecule has 18 heavy (non-hydrogen) atoms. The van der Waals surface area contributed by atoms with Crippen LogP contribution in [0, 0.1) is 11.8 Å². The van der Waals surface area contributed by atoms with E-state index < -0.39 is 0 Å². The van der Waals surface area contributed by atoms with Crippen LogP contribution in [0.3, 0.4) is 0 Å². The molecule has 0 aliphatic rings. The van der Waals surface area contributed by atoms with Crippen LogP contribution in [0.15, 0.2) is 0 Å². The zero-order valence-electron chi connectivity index (χ0n) is 12.9. The number of rotatable bonds is 6. The predicted octanol–water partition coefficient (Wildman–Crippen LogP) is -4.03. The second kappa shape index (κ2) is 11.7. The van der Waals surface area contributed by atoms with Gasteiger partial charge in [-0.2, -0.15) is 0 Å². The van der Waals surface area contributed by atoms with Crippen molar-refractivity contribution in [2.45, 2.75) is 26.7 Å². The Bertz CT molecular complexity index is 228. The van der Waals surface area contributed by atoms with Crippen LogP contribution in [-0.2, 0) is 0 Å². The van der Waals surface area contributed by atoms with Crippen molar-refractivity contribution < 1.29 is 56.9 Å². The number of hydrogen-bond acceptors (Lipinski definition) is 0. The van der Waals surface area contributed by atoms with Crippen LogP contribution in [0.1, 0.15) is 26.7 Å². The maximum atomic E-state index is 3.30. The third kappa shape index (κ3) is 13.4. The molecule has 0 aliphatic heterocycles. The summed E-state index contributed by atoms with van der Waals surface area (Å²) < 4.78 is 2.15. The summed E-state index contributed by atoms with van der Waals surface area (Å²) in [4.78, 5) is 0. The first-order valence-electron chi connectivity index (χ1n) is 6.43. The molecule has 0 atom stereocenters. The van der Waals surface area contributed by atoms with Crippen molar-refractivity contribution in [2.75, 3.05) is 54.4 Å². The van der Waals surface area contributed by atoms with E-state index in [2.05, 4.69) is 53.9 Å². The zero-order chi connectivity index (χ0) is 12.7. The van der Waals surface area contributed by atoms with Crippen molar-refractivity contribution in [3.05, 3.63) is 0 Å². The lowest BCUT2D eigenvalue weighted by Crippen LogP contribution is -3.00. The highest BCUT2D eigenvalue weighted by molar-refractivity contribution is 4.98. The lowest BCUT2D eigenvalue weighted by molar-refractivity contribution is -0.888. The van der Waals surface area contributed by atoms with Gasteiger partial charge in [0.25, 0.3) is 0 Å².